The fourth-order valence-corrected chi connectivity index (χ4v) is 2.17. The molecule has 1 N–H and O–H groups in total. The molecule has 0 aromatic carbocycles. The van der Waals surface area contributed by atoms with Gasteiger partial charge in [-0.25, -0.2) is 0 Å². The summed E-state index contributed by atoms with van der Waals surface area (Å²) in [5, 5.41) is 0. The first-order valence-corrected chi connectivity index (χ1v) is 6.78. The fraction of sp³-hybridized carbons (Fsp3) is 0.923. The van der Waals surface area contributed by atoms with Gasteiger partial charge in [-0.3, -0.25) is 4.79 Å². The first-order valence-electron chi connectivity index (χ1n) is 6.78. The van der Waals surface area contributed by atoms with E-state index in [1.165, 1.54) is 38.5 Å². The molecule has 1 rings (SSSR count). The van der Waals surface area contributed by atoms with Crippen LogP contribution in [0.2, 0.25) is 0 Å². The third-order valence-corrected chi connectivity index (χ3v) is 3.24. The molecular formula is C13H25NO2. The van der Waals surface area contributed by atoms with Crippen LogP contribution in [0.15, 0.2) is 0 Å². The second kappa shape index (κ2) is 8.57. The van der Waals surface area contributed by atoms with Crippen molar-refractivity contribution in [3.05, 3.63) is 0 Å². The zero-order valence-electron chi connectivity index (χ0n) is 10.5. The maximum atomic E-state index is 11.6. The summed E-state index contributed by atoms with van der Waals surface area (Å²) in [7, 11) is 0. The van der Waals surface area contributed by atoms with E-state index in [0.717, 1.165) is 25.8 Å². The lowest BCUT2D eigenvalue weighted by molar-refractivity contribution is -0.157. The third kappa shape index (κ3) is 5.50. The molecule has 0 unspecified atom stereocenters. The Kier molecular flexibility index (Phi) is 7.23. The van der Waals surface area contributed by atoms with Crippen LogP contribution in [0.3, 0.4) is 0 Å². The molecule has 16 heavy (non-hydrogen) atoms. The average molecular weight is 227 g/mol. The summed E-state index contributed by atoms with van der Waals surface area (Å²) in [5.74, 6) is 0.104. The Bertz CT molecular complexity index is 188. The van der Waals surface area contributed by atoms with Crippen molar-refractivity contribution in [2.24, 2.45) is 5.92 Å². The fourth-order valence-electron chi connectivity index (χ4n) is 2.17. The number of hydrogen-bond donors (Lipinski definition) is 1. The van der Waals surface area contributed by atoms with Crippen LogP contribution < -0.4 is 5.48 Å². The lowest BCUT2D eigenvalue weighted by Crippen LogP contribution is -2.27. The van der Waals surface area contributed by atoms with E-state index in [2.05, 4.69) is 12.4 Å². The van der Waals surface area contributed by atoms with Gasteiger partial charge in [0, 0.05) is 6.54 Å². The molecule has 1 saturated carbocycles. The maximum Gasteiger partial charge on any atom is 0.327 e. The van der Waals surface area contributed by atoms with Crippen molar-refractivity contribution in [1.29, 1.82) is 0 Å². The summed E-state index contributed by atoms with van der Waals surface area (Å²) >= 11 is 0. The Hall–Kier alpha value is -0.570. The minimum Gasteiger partial charge on any atom is -0.370 e. The van der Waals surface area contributed by atoms with E-state index < -0.39 is 0 Å². The monoisotopic (exact) mass is 227 g/mol. The van der Waals surface area contributed by atoms with Crippen molar-refractivity contribution in [2.45, 2.75) is 64.7 Å². The summed E-state index contributed by atoms with van der Waals surface area (Å²) in [6, 6.07) is 0. The van der Waals surface area contributed by atoms with E-state index >= 15 is 0 Å². The second-order valence-electron chi connectivity index (χ2n) is 4.71. The second-order valence-corrected chi connectivity index (χ2v) is 4.71. The summed E-state index contributed by atoms with van der Waals surface area (Å²) in [5.41, 5.74) is 2.79. The quantitative estimate of drug-likeness (QED) is 0.536. The number of carbonyl (C=O) groups excluding carboxylic acids is 1. The van der Waals surface area contributed by atoms with Gasteiger partial charge in [0.2, 0.25) is 0 Å². The van der Waals surface area contributed by atoms with Crippen LogP contribution in [0.5, 0.6) is 0 Å². The third-order valence-electron chi connectivity index (χ3n) is 3.24. The van der Waals surface area contributed by atoms with Crippen molar-refractivity contribution >= 4 is 5.97 Å². The van der Waals surface area contributed by atoms with Gasteiger partial charge in [-0.05, 0) is 19.3 Å². The highest BCUT2D eigenvalue weighted by Crippen LogP contribution is 2.24. The Morgan fingerprint density at radius 1 is 1.19 bits per heavy atom. The highest BCUT2D eigenvalue weighted by molar-refractivity contribution is 5.72. The van der Waals surface area contributed by atoms with Gasteiger partial charge in [-0.2, -0.15) is 5.48 Å². The molecule has 0 bridgehead atoms. The minimum atomic E-state index is -0.0461. The van der Waals surface area contributed by atoms with Gasteiger partial charge < -0.3 is 4.84 Å². The summed E-state index contributed by atoms with van der Waals surface area (Å²) in [6.45, 7) is 2.98. The van der Waals surface area contributed by atoms with Crippen molar-refractivity contribution in [3.63, 3.8) is 0 Å². The van der Waals surface area contributed by atoms with E-state index in [9.17, 15) is 4.79 Å². The molecule has 0 radical (unpaired) electrons. The zero-order chi connectivity index (χ0) is 11.6. The standard InChI is InChI=1S/C13H25NO2/c1-2-3-4-8-11-14-16-13(15)12-9-6-5-7-10-12/h12,14H,2-11H2,1H3. The topological polar surface area (TPSA) is 38.3 Å². The zero-order valence-corrected chi connectivity index (χ0v) is 10.5. The molecule has 0 atom stereocenters. The van der Waals surface area contributed by atoms with Gasteiger partial charge >= 0.3 is 5.97 Å². The number of nitrogens with one attached hydrogen (secondary N) is 1. The van der Waals surface area contributed by atoms with Gasteiger partial charge in [0.1, 0.15) is 0 Å². The summed E-state index contributed by atoms with van der Waals surface area (Å²) in [6.07, 6.45) is 10.4. The Morgan fingerprint density at radius 3 is 2.62 bits per heavy atom. The van der Waals surface area contributed by atoms with Gasteiger partial charge in [0.15, 0.2) is 0 Å². The number of hydrogen-bond acceptors (Lipinski definition) is 3. The molecule has 0 aromatic rings. The van der Waals surface area contributed by atoms with Crippen molar-refractivity contribution < 1.29 is 9.63 Å². The van der Waals surface area contributed by atoms with Crippen LogP contribution in [0.4, 0.5) is 0 Å². The van der Waals surface area contributed by atoms with E-state index in [0.29, 0.717) is 0 Å². The molecular weight excluding hydrogens is 202 g/mol. The highest BCUT2D eigenvalue weighted by Gasteiger charge is 2.22. The molecule has 0 heterocycles. The van der Waals surface area contributed by atoms with Crippen LogP contribution in [0, 0.1) is 5.92 Å². The van der Waals surface area contributed by atoms with E-state index in [4.69, 9.17) is 4.84 Å². The van der Waals surface area contributed by atoms with E-state index in [-0.39, 0.29) is 11.9 Å². The predicted octanol–water partition coefficient (Wildman–Crippen LogP) is 3.19. The largest absolute Gasteiger partial charge is 0.370 e. The van der Waals surface area contributed by atoms with Crippen molar-refractivity contribution in [2.75, 3.05) is 6.54 Å². The van der Waals surface area contributed by atoms with Gasteiger partial charge in [0.25, 0.3) is 0 Å². The van der Waals surface area contributed by atoms with E-state index in [1.807, 2.05) is 0 Å². The molecule has 0 aromatic heterocycles. The average Bonchev–Trinajstić information content (AvgIpc) is 2.34. The number of unbranched alkanes of at least 4 members (excludes halogenated alkanes) is 3. The number of carbonyl (C=O) groups is 1. The molecule has 0 amide bonds. The molecule has 1 aliphatic carbocycles. The Morgan fingerprint density at radius 2 is 1.94 bits per heavy atom. The first-order chi connectivity index (χ1) is 7.84. The predicted molar refractivity (Wildman–Crippen MR) is 64.8 cm³/mol. The van der Waals surface area contributed by atoms with Crippen LogP contribution >= 0.6 is 0 Å². The molecule has 1 fully saturated rings. The maximum absolute atomic E-state index is 11.6. The normalized spacial score (nSPS) is 17.3. The molecule has 0 spiro atoms. The molecule has 0 saturated heterocycles. The van der Waals surface area contributed by atoms with Gasteiger partial charge in [-0.1, -0.05) is 45.4 Å². The first kappa shape index (κ1) is 13.5. The van der Waals surface area contributed by atoms with Crippen LogP contribution in [-0.4, -0.2) is 12.5 Å². The Balaban J connectivity index is 1.97. The van der Waals surface area contributed by atoms with Crippen LogP contribution in [0.1, 0.15) is 64.7 Å². The van der Waals surface area contributed by atoms with Crippen molar-refractivity contribution in [3.8, 4) is 0 Å². The van der Waals surface area contributed by atoms with E-state index in [1.54, 1.807) is 0 Å². The highest BCUT2D eigenvalue weighted by atomic mass is 16.7. The Labute approximate surface area is 98.9 Å². The minimum absolute atomic E-state index is 0.0461. The lowest BCUT2D eigenvalue weighted by Gasteiger charge is -2.19. The lowest BCUT2D eigenvalue weighted by atomic mass is 9.89. The summed E-state index contributed by atoms with van der Waals surface area (Å²) < 4.78 is 0. The smallest absolute Gasteiger partial charge is 0.327 e. The number of hydroxylamine groups is 1. The van der Waals surface area contributed by atoms with Gasteiger partial charge in [-0.15, -0.1) is 0 Å². The van der Waals surface area contributed by atoms with Crippen LogP contribution in [0.25, 0.3) is 0 Å². The number of rotatable bonds is 7. The summed E-state index contributed by atoms with van der Waals surface area (Å²) in [4.78, 5) is 16.7. The molecule has 0 aliphatic heterocycles. The van der Waals surface area contributed by atoms with Gasteiger partial charge in [0.05, 0.1) is 5.92 Å². The van der Waals surface area contributed by atoms with Crippen LogP contribution in [-0.2, 0) is 9.63 Å². The molecule has 3 nitrogen and oxygen atoms in total. The molecule has 3 heteroatoms. The molecule has 94 valence electrons. The SMILES string of the molecule is CCCCCCNOC(=O)C1CCCCC1. The van der Waals surface area contributed by atoms with Crippen molar-refractivity contribution in [1.82, 2.24) is 5.48 Å². The molecule has 1 aliphatic rings.